The third kappa shape index (κ3) is 8.12. The summed E-state index contributed by atoms with van der Waals surface area (Å²) in [6, 6.07) is 0. The zero-order valence-electron chi connectivity index (χ0n) is 8.43. The Kier molecular flexibility index (Phi) is 7.67. The van der Waals surface area contributed by atoms with Gasteiger partial charge in [0.25, 0.3) is 0 Å². The molecule has 0 amide bonds. The second-order valence-corrected chi connectivity index (χ2v) is 4.88. The molecule has 1 unspecified atom stereocenters. The zero-order valence-corrected chi connectivity index (χ0v) is 9.25. The SMILES string of the molecule is CCCCCCC(C)SC(C)=O. The summed E-state index contributed by atoms with van der Waals surface area (Å²) in [7, 11) is 0. The third-order valence-corrected chi connectivity index (χ3v) is 2.80. The van der Waals surface area contributed by atoms with Crippen molar-refractivity contribution in [1.29, 1.82) is 0 Å². The number of thioether (sulfide) groups is 1. The molecule has 0 spiro atoms. The van der Waals surface area contributed by atoms with E-state index in [2.05, 4.69) is 13.8 Å². The Morgan fingerprint density at radius 3 is 2.50 bits per heavy atom. The summed E-state index contributed by atoms with van der Waals surface area (Å²) in [5.41, 5.74) is 0. The lowest BCUT2D eigenvalue weighted by molar-refractivity contribution is -0.109. The molecule has 0 aromatic heterocycles. The van der Waals surface area contributed by atoms with Crippen molar-refractivity contribution in [2.75, 3.05) is 0 Å². The van der Waals surface area contributed by atoms with Crippen LogP contribution in [0.4, 0.5) is 0 Å². The Morgan fingerprint density at radius 1 is 1.33 bits per heavy atom. The first-order valence-electron chi connectivity index (χ1n) is 4.84. The van der Waals surface area contributed by atoms with Crippen LogP contribution >= 0.6 is 11.8 Å². The largest absolute Gasteiger partial charge is 0.288 e. The van der Waals surface area contributed by atoms with Gasteiger partial charge in [-0.2, -0.15) is 0 Å². The van der Waals surface area contributed by atoms with Crippen molar-refractivity contribution in [3.05, 3.63) is 0 Å². The minimum atomic E-state index is 0.248. The molecule has 0 aliphatic carbocycles. The predicted molar refractivity (Wildman–Crippen MR) is 56.5 cm³/mol. The number of carbonyl (C=O) groups excluding carboxylic acids is 1. The number of hydrogen-bond acceptors (Lipinski definition) is 2. The Bertz CT molecular complexity index is 123. The molecule has 72 valence electrons. The minimum Gasteiger partial charge on any atom is -0.288 e. The van der Waals surface area contributed by atoms with Crippen LogP contribution in [-0.2, 0) is 4.79 Å². The smallest absolute Gasteiger partial charge is 0.186 e. The van der Waals surface area contributed by atoms with E-state index in [0.29, 0.717) is 5.25 Å². The van der Waals surface area contributed by atoms with Gasteiger partial charge in [0.1, 0.15) is 0 Å². The van der Waals surface area contributed by atoms with Crippen molar-refractivity contribution < 1.29 is 4.79 Å². The molecule has 12 heavy (non-hydrogen) atoms. The molecule has 0 aliphatic rings. The van der Waals surface area contributed by atoms with Crippen LogP contribution < -0.4 is 0 Å². The van der Waals surface area contributed by atoms with Gasteiger partial charge in [0.05, 0.1) is 0 Å². The van der Waals surface area contributed by atoms with Gasteiger partial charge in [-0.25, -0.2) is 0 Å². The fourth-order valence-electron chi connectivity index (χ4n) is 1.20. The van der Waals surface area contributed by atoms with Crippen LogP contribution in [0, 0.1) is 0 Å². The van der Waals surface area contributed by atoms with Gasteiger partial charge < -0.3 is 0 Å². The van der Waals surface area contributed by atoms with Crippen LogP contribution in [0.5, 0.6) is 0 Å². The molecule has 0 aliphatic heterocycles. The highest BCUT2D eigenvalue weighted by atomic mass is 32.2. The lowest BCUT2D eigenvalue weighted by atomic mass is 10.1. The van der Waals surface area contributed by atoms with Crippen LogP contribution in [0.1, 0.15) is 52.9 Å². The topological polar surface area (TPSA) is 17.1 Å². The average molecular weight is 188 g/mol. The summed E-state index contributed by atoms with van der Waals surface area (Å²) < 4.78 is 0. The maximum atomic E-state index is 10.7. The first-order chi connectivity index (χ1) is 5.66. The second kappa shape index (κ2) is 7.66. The maximum Gasteiger partial charge on any atom is 0.186 e. The molecule has 0 heterocycles. The number of carbonyl (C=O) groups is 1. The van der Waals surface area contributed by atoms with E-state index < -0.39 is 0 Å². The van der Waals surface area contributed by atoms with E-state index in [-0.39, 0.29) is 5.12 Å². The molecule has 0 aromatic carbocycles. The van der Waals surface area contributed by atoms with E-state index in [4.69, 9.17) is 0 Å². The van der Waals surface area contributed by atoms with E-state index >= 15 is 0 Å². The van der Waals surface area contributed by atoms with Gasteiger partial charge in [0, 0.05) is 12.2 Å². The van der Waals surface area contributed by atoms with Gasteiger partial charge in [-0.1, -0.05) is 51.3 Å². The monoisotopic (exact) mass is 188 g/mol. The molecule has 0 rings (SSSR count). The van der Waals surface area contributed by atoms with E-state index in [1.54, 1.807) is 6.92 Å². The van der Waals surface area contributed by atoms with Gasteiger partial charge in [0.15, 0.2) is 5.12 Å². The summed E-state index contributed by atoms with van der Waals surface area (Å²) in [5, 5.41) is 0.761. The van der Waals surface area contributed by atoms with E-state index in [1.165, 1.54) is 43.9 Å². The van der Waals surface area contributed by atoms with Crippen molar-refractivity contribution in [3.63, 3.8) is 0 Å². The summed E-state index contributed by atoms with van der Waals surface area (Å²) in [5.74, 6) is 0. The van der Waals surface area contributed by atoms with E-state index in [0.717, 1.165) is 0 Å². The molecule has 0 N–H and O–H groups in total. The molecule has 0 fully saturated rings. The fourth-order valence-corrected chi connectivity index (χ4v) is 2.05. The fraction of sp³-hybridized carbons (Fsp3) is 0.900. The Balaban J connectivity index is 3.19. The summed E-state index contributed by atoms with van der Waals surface area (Å²) >= 11 is 1.47. The van der Waals surface area contributed by atoms with E-state index in [1.807, 2.05) is 0 Å². The predicted octanol–water partition coefficient (Wildman–Crippen LogP) is 3.63. The number of rotatable bonds is 6. The van der Waals surface area contributed by atoms with Crippen molar-refractivity contribution in [1.82, 2.24) is 0 Å². The summed E-state index contributed by atoms with van der Waals surface area (Å²) in [6.45, 7) is 6.00. The maximum absolute atomic E-state index is 10.7. The lowest BCUT2D eigenvalue weighted by Crippen LogP contribution is -1.99. The number of unbranched alkanes of at least 4 members (excludes halogenated alkanes) is 3. The van der Waals surface area contributed by atoms with Gasteiger partial charge in [-0.05, 0) is 6.42 Å². The molecule has 2 heteroatoms. The third-order valence-electron chi connectivity index (χ3n) is 1.83. The quantitative estimate of drug-likeness (QED) is 0.592. The highest BCUT2D eigenvalue weighted by Crippen LogP contribution is 2.17. The zero-order chi connectivity index (χ0) is 9.40. The Morgan fingerprint density at radius 2 is 2.00 bits per heavy atom. The van der Waals surface area contributed by atoms with Crippen LogP contribution in [-0.4, -0.2) is 10.4 Å². The average Bonchev–Trinajstić information content (AvgIpc) is 1.97. The van der Waals surface area contributed by atoms with Gasteiger partial charge in [0.2, 0.25) is 0 Å². The van der Waals surface area contributed by atoms with Crippen molar-refractivity contribution in [3.8, 4) is 0 Å². The second-order valence-electron chi connectivity index (χ2n) is 3.27. The molecule has 1 atom stereocenters. The Labute approximate surface area is 80.3 Å². The Hall–Kier alpha value is 0.0200. The van der Waals surface area contributed by atoms with Crippen molar-refractivity contribution in [2.45, 2.75) is 58.1 Å². The molecule has 0 saturated carbocycles. The van der Waals surface area contributed by atoms with Gasteiger partial charge in [-0.15, -0.1) is 0 Å². The van der Waals surface area contributed by atoms with Crippen LogP contribution in [0.3, 0.4) is 0 Å². The summed E-state index contributed by atoms with van der Waals surface area (Å²) in [4.78, 5) is 10.7. The highest BCUT2D eigenvalue weighted by Gasteiger charge is 2.04. The normalized spacial score (nSPS) is 12.9. The first-order valence-corrected chi connectivity index (χ1v) is 5.72. The molecule has 0 aromatic rings. The first kappa shape index (κ1) is 12.0. The van der Waals surface area contributed by atoms with Crippen LogP contribution in [0.25, 0.3) is 0 Å². The molecule has 0 saturated heterocycles. The van der Waals surface area contributed by atoms with Crippen molar-refractivity contribution in [2.24, 2.45) is 0 Å². The van der Waals surface area contributed by atoms with Gasteiger partial charge in [-0.3, -0.25) is 4.79 Å². The van der Waals surface area contributed by atoms with E-state index in [9.17, 15) is 4.79 Å². The highest BCUT2D eigenvalue weighted by molar-refractivity contribution is 8.14. The summed E-state index contributed by atoms with van der Waals surface area (Å²) in [6.07, 6.45) is 6.39. The van der Waals surface area contributed by atoms with Crippen LogP contribution in [0.2, 0.25) is 0 Å². The van der Waals surface area contributed by atoms with Gasteiger partial charge >= 0.3 is 0 Å². The standard InChI is InChI=1S/C10H20OS/c1-4-5-6-7-8-9(2)12-10(3)11/h9H,4-8H2,1-3H3. The minimum absolute atomic E-state index is 0.248. The molecule has 1 nitrogen and oxygen atoms in total. The van der Waals surface area contributed by atoms with Crippen LogP contribution in [0.15, 0.2) is 0 Å². The van der Waals surface area contributed by atoms with Crippen molar-refractivity contribution >= 4 is 16.9 Å². The lowest BCUT2D eigenvalue weighted by Gasteiger charge is -2.07. The molecular weight excluding hydrogens is 168 g/mol. The molecular formula is C10H20OS. The number of hydrogen-bond donors (Lipinski definition) is 0. The molecule has 0 bridgehead atoms. The molecule has 0 radical (unpaired) electrons.